The second kappa shape index (κ2) is 12.1. The molecule has 0 atom stereocenters. The van der Waals surface area contributed by atoms with Crippen LogP contribution in [0.5, 0.6) is 0 Å². The van der Waals surface area contributed by atoms with Crippen molar-refractivity contribution in [2.24, 2.45) is 0 Å². The first-order valence-corrected chi connectivity index (χ1v) is 15.6. The highest BCUT2D eigenvalue weighted by Crippen LogP contribution is 2.33. The standard InChI is InChI=1S/2C11H19NS.C10H18N2O/c1-10(2,3)8-7-13-9(12-8)11(4,5)6;1-10(2,3)8-7-12-9(13-8)11(4,5)6;1-9(2,3)7-11-8(13-12-7)10(4,5)6/h2*7H,1-6H3;1-6H3. The number of rotatable bonds is 0. The second-order valence-electron chi connectivity index (χ2n) is 16.5. The van der Waals surface area contributed by atoms with E-state index in [4.69, 9.17) is 4.52 Å². The molecule has 0 bridgehead atoms. The van der Waals surface area contributed by atoms with Gasteiger partial charge in [-0.15, -0.1) is 22.7 Å². The van der Waals surface area contributed by atoms with Gasteiger partial charge in [0, 0.05) is 43.5 Å². The van der Waals surface area contributed by atoms with Gasteiger partial charge in [-0.1, -0.05) is 130 Å². The minimum atomic E-state index is -0.0590. The first kappa shape index (κ1) is 35.4. The van der Waals surface area contributed by atoms with Crippen molar-refractivity contribution < 1.29 is 4.52 Å². The number of thiazole rings is 2. The topological polar surface area (TPSA) is 64.7 Å². The molecular weight excluding hydrogens is 521 g/mol. The van der Waals surface area contributed by atoms with Crippen LogP contribution in [0.3, 0.4) is 0 Å². The van der Waals surface area contributed by atoms with Crippen molar-refractivity contribution in [1.82, 2.24) is 20.1 Å². The predicted molar refractivity (Wildman–Crippen MR) is 171 cm³/mol. The highest BCUT2D eigenvalue weighted by Gasteiger charge is 2.27. The van der Waals surface area contributed by atoms with E-state index in [-0.39, 0.29) is 32.5 Å². The molecule has 39 heavy (non-hydrogen) atoms. The van der Waals surface area contributed by atoms with Crippen LogP contribution in [0.25, 0.3) is 0 Å². The molecule has 0 saturated heterocycles. The van der Waals surface area contributed by atoms with E-state index in [0.717, 1.165) is 5.82 Å². The number of aromatic nitrogens is 4. The Balaban J connectivity index is 0.000000292. The summed E-state index contributed by atoms with van der Waals surface area (Å²) in [5.74, 6) is 1.48. The van der Waals surface area contributed by atoms with Crippen molar-refractivity contribution in [2.45, 2.75) is 157 Å². The largest absolute Gasteiger partial charge is 0.339 e. The normalized spacial score (nSPS) is 13.4. The molecule has 0 amide bonds. The minimum absolute atomic E-state index is 0.0347. The third kappa shape index (κ3) is 11.4. The van der Waals surface area contributed by atoms with Crippen LogP contribution in [0.15, 0.2) is 16.1 Å². The van der Waals surface area contributed by atoms with Gasteiger partial charge in [-0.25, -0.2) is 9.97 Å². The monoisotopic (exact) mass is 576 g/mol. The Hall–Kier alpha value is -1.60. The molecule has 0 fully saturated rings. The summed E-state index contributed by atoms with van der Waals surface area (Å²) < 4.78 is 5.19. The van der Waals surface area contributed by atoms with Gasteiger partial charge in [0.05, 0.1) is 15.7 Å². The van der Waals surface area contributed by atoms with Crippen LogP contribution in [0.4, 0.5) is 0 Å². The van der Waals surface area contributed by atoms with Gasteiger partial charge in [0.1, 0.15) is 0 Å². The van der Waals surface area contributed by atoms with Gasteiger partial charge in [0.25, 0.3) is 0 Å². The lowest BCUT2D eigenvalue weighted by Gasteiger charge is -2.17. The van der Waals surface area contributed by atoms with Crippen LogP contribution in [0.1, 0.15) is 157 Å². The highest BCUT2D eigenvalue weighted by atomic mass is 32.1. The van der Waals surface area contributed by atoms with Crippen molar-refractivity contribution in [3.63, 3.8) is 0 Å². The van der Waals surface area contributed by atoms with E-state index in [1.165, 1.54) is 20.6 Å². The molecule has 0 aromatic carbocycles. The van der Waals surface area contributed by atoms with Gasteiger partial charge in [0.15, 0.2) is 5.82 Å². The summed E-state index contributed by atoms with van der Waals surface area (Å²) in [7, 11) is 0. The summed E-state index contributed by atoms with van der Waals surface area (Å²) in [5.41, 5.74) is 1.91. The summed E-state index contributed by atoms with van der Waals surface area (Å²) in [4.78, 5) is 14.9. The average molecular weight is 577 g/mol. The van der Waals surface area contributed by atoms with Crippen molar-refractivity contribution in [3.05, 3.63) is 43.9 Å². The molecular formula is C32H56N4OS2. The van der Waals surface area contributed by atoms with Crippen molar-refractivity contribution >= 4 is 22.7 Å². The van der Waals surface area contributed by atoms with Gasteiger partial charge in [-0.05, 0) is 5.41 Å². The molecule has 3 heterocycles. The third-order valence-corrected chi connectivity index (χ3v) is 8.66. The van der Waals surface area contributed by atoms with E-state index in [1.54, 1.807) is 11.3 Å². The maximum atomic E-state index is 5.19. The quantitative estimate of drug-likeness (QED) is 0.266. The van der Waals surface area contributed by atoms with Crippen LogP contribution >= 0.6 is 22.7 Å². The van der Waals surface area contributed by atoms with Gasteiger partial charge >= 0.3 is 0 Å². The molecule has 0 aliphatic heterocycles. The zero-order valence-electron chi connectivity index (χ0n) is 28.2. The van der Waals surface area contributed by atoms with E-state index < -0.39 is 0 Å². The third-order valence-electron chi connectivity index (χ3n) is 5.54. The van der Waals surface area contributed by atoms with Gasteiger partial charge < -0.3 is 4.52 Å². The first-order valence-electron chi connectivity index (χ1n) is 13.9. The molecule has 7 heteroatoms. The average Bonchev–Trinajstić information content (AvgIpc) is 3.45. The van der Waals surface area contributed by atoms with Gasteiger partial charge in [-0.2, -0.15) is 4.98 Å². The molecule has 0 unspecified atom stereocenters. The summed E-state index contributed by atoms with van der Waals surface area (Å²) in [6.45, 7) is 38.9. The van der Waals surface area contributed by atoms with E-state index in [2.05, 4.69) is 150 Å². The molecule has 0 N–H and O–H groups in total. The lowest BCUT2D eigenvalue weighted by atomic mass is 9.92. The second-order valence-corrected chi connectivity index (χ2v) is 18.4. The van der Waals surface area contributed by atoms with Crippen LogP contribution < -0.4 is 0 Å². The Labute approximate surface area is 247 Å². The van der Waals surface area contributed by atoms with E-state index in [0.29, 0.717) is 5.89 Å². The molecule has 0 aliphatic carbocycles. The van der Waals surface area contributed by atoms with E-state index in [1.807, 2.05) is 17.5 Å². The lowest BCUT2D eigenvalue weighted by molar-refractivity contribution is 0.314. The zero-order chi connectivity index (χ0) is 30.8. The van der Waals surface area contributed by atoms with Crippen molar-refractivity contribution in [1.29, 1.82) is 0 Å². The summed E-state index contributed by atoms with van der Waals surface area (Å²) in [6, 6.07) is 0. The van der Waals surface area contributed by atoms with Crippen LogP contribution in [-0.2, 0) is 32.5 Å². The Bertz CT molecular complexity index is 926. The zero-order valence-corrected chi connectivity index (χ0v) is 29.8. The Morgan fingerprint density at radius 1 is 0.564 bits per heavy atom. The molecule has 5 nitrogen and oxygen atoms in total. The summed E-state index contributed by atoms with van der Waals surface area (Å²) in [6.07, 6.45) is 2.02. The lowest BCUT2D eigenvalue weighted by Crippen LogP contribution is -2.15. The highest BCUT2D eigenvalue weighted by molar-refractivity contribution is 7.12. The van der Waals surface area contributed by atoms with Crippen LogP contribution in [-0.4, -0.2) is 20.1 Å². The van der Waals surface area contributed by atoms with Crippen LogP contribution in [0.2, 0.25) is 0 Å². The van der Waals surface area contributed by atoms with Crippen LogP contribution in [0, 0.1) is 0 Å². The van der Waals surface area contributed by atoms with Crippen molar-refractivity contribution in [2.75, 3.05) is 0 Å². The molecule has 222 valence electrons. The Morgan fingerprint density at radius 3 is 1.31 bits per heavy atom. The molecule has 0 radical (unpaired) electrons. The summed E-state index contributed by atoms with van der Waals surface area (Å²) >= 11 is 3.61. The van der Waals surface area contributed by atoms with E-state index in [9.17, 15) is 0 Å². The molecule has 0 spiro atoms. The first-order chi connectivity index (χ1) is 17.1. The number of nitrogens with zero attached hydrogens (tertiary/aromatic N) is 4. The SMILES string of the molecule is CC(C)(C)c1cnc(C(C)(C)C)s1.CC(C)(C)c1csc(C(C)(C)C)n1.CC(C)(C)c1noc(C(C)(C)C)n1. The maximum Gasteiger partial charge on any atom is 0.232 e. The predicted octanol–water partition coefficient (Wildman–Crippen LogP) is 10.1. The molecule has 3 rings (SSSR count). The fourth-order valence-corrected chi connectivity index (χ4v) is 4.93. The molecule has 0 saturated carbocycles. The number of hydrogen-bond donors (Lipinski definition) is 0. The maximum absolute atomic E-state index is 5.19. The van der Waals surface area contributed by atoms with Gasteiger partial charge in [-0.3, -0.25) is 0 Å². The minimum Gasteiger partial charge on any atom is -0.339 e. The Morgan fingerprint density at radius 2 is 1.08 bits per heavy atom. The smallest absolute Gasteiger partial charge is 0.232 e. The Kier molecular flexibility index (Phi) is 11.0. The number of hydrogen-bond acceptors (Lipinski definition) is 7. The van der Waals surface area contributed by atoms with Gasteiger partial charge in [0.2, 0.25) is 5.89 Å². The van der Waals surface area contributed by atoms with E-state index >= 15 is 0 Å². The molecule has 3 aromatic heterocycles. The fraction of sp³-hybridized carbons (Fsp3) is 0.750. The fourth-order valence-electron chi connectivity index (χ4n) is 2.76. The molecule has 3 aromatic rings. The van der Waals surface area contributed by atoms with Crippen molar-refractivity contribution in [3.8, 4) is 0 Å². The molecule has 0 aliphatic rings. The summed E-state index contributed by atoms with van der Waals surface area (Å²) in [5, 5.41) is 8.62.